The summed E-state index contributed by atoms with van der Waals surface area (Å²) in [5.41, 5.74) is 1.20. The maximum Gasteiger partial charge on any atom is 0.172 e. The van der Waals surface area contributed by atoms with E-state index in [1.807, 2.05) is 0 Å². The van der Waals surface area contributed by atoms with Crippen LogP contribution in [0.15, 0.2) is 0 Å². The summed E-state index contributed by atoms with van der Waals surface area (Å²) < 4.78 is 20.6. The first kappa shape index (κ1) is 28.0. The zero-order valence-corrected chi connectivity index (χ0v) is 26.7. The Morgan fingerprint density at radius 3 is 2.18 bits per heavy atom. The maximum absolute atomic E-state index is 7.31. The highest BCUT2D eigenvalue weighted by atomic mass is 16.7. The van der Waals surface area contributed by atoms with Crippen LogP contribution in [0.3, 0.4) is 0 Å². The lowest BCUT2D eigenvalue weighted by Crippen LogP contribution is -2.64. The van der Waals surface area contributed by atoms with Gasteiger partial charge >= 0.3 is 0 Å². The van der Waals surface area contributed by atoms with E-state index in [1.165, 1.54) is 44.9 Å². The second kappa shape index (κ2) is 8.70. The Hall–Kier alpha value is -0.120. The van der Waals surface area contributed by atoms with Crippen LogP contribution in [0.25, 0.3) is 0 Å². The molecule has 0 amide bonds. The summed E-state index contributed by atoms with van der Waals surface area (Å²) in [6.45, 7) is 27.4. The van der Waals surface area contributed by atoms with Gasteiger partial charge in [0, 0.05) is 17.8 Å². The average Bonchev–Trinajstić information content (AvgIpc) is 3.14. The minimum atomic E-state index is -0.399. The van der Waals surface area contributed by atoms with Crippen molar-refractivity contribution in [1.82, 2.24) is 0 Å². The quantitative estimate of drug-likeness (QED) is 0.358. The van der Waals surface area contributed by atoms with E-state index in [2.05, 4.69) is 76.2 Å². The van der Waals surface area contributed by atoms with Crippen molar-refractivity contribution in [3.63, 3.8) is 0 Å². The minimum Gasteiger partial charge on any atom is -0.376 e. The molecule has 4 aliphatic carbocycles. The maximum atomic E-state index is 7.31. The van der Waals surface area contributed by atoms with Gasteiger partial charge in [0.15, 0.2) is 5.79 Å². The lowest BCUT2D eigenvalue weighted by Gasteiger charge is -2.68. The van der Waals surface area contributed by atoms with Gasteiger partial charge < -0.3 is 14.2 Å². The average molecular weight is 529 g/mol. The van der Waals surface area contributed by atoms with Crippen molar-refractivity contribution in [3.8, 4) is 0 Å². The third-order valence-electron chi connectivity index (χ3n) is 15.6. The summed E-state index contributed by atoms with van der Waals surface area (Å²) in [5, 5.41) is 0. The van der Waals surface area contributed by atoms with Gasteiger partial charge in [0.25, 0.3) is 0 Å². The monoisotopic (exact) mass is 528 g/mol. The van der Waals surface area contributed by atoms with E-state index in [-0.39, 0.29) is 16.9 Å². The van der Waals surface area contributed by atoms with E-state index in [0.717, 1.165) is 24.2 Å². The van der Waals surface area contributed by atoms with E-state index < -0.39 is 5.79 Å². The fourth-order valence-electron chi connectivity index (χ4n) is 12.7. The van der Waals surface area contributed by atoms with Gasteiger partial charge in [0.05, 0.1) is 24.4 Å². The fourth-order valence-corrected chi connectivity index (χ4v) is 12.7. The third kappa shape index (κ3) is 3.31. The van der Waals surface area contributed by atoms with Gasteiger partial charge in [-0.1, -0.05) is 55.4 Å². The molecule has 218 valence electrons. The van der Waals surface area contributed by atoms with Gasteiger partial charge in [0.1, 0.15) is 0 Å². The topological polar surface area (TPSA) is 27.7 Å². The molecule has 0 bridgehead atoms. The summed E-state index contributed by atoms with van der Waals surface area (Å²) in [4.78, 5) is 0. The number of hydrogen-bond acceptors (Lipinski definition) is 3. The number of hydrogen-bond donors (Lipinski definition) is 0. The van der Waals surface area contributed by atoms with Crippen LogP contribution in [0, 0.1) is 63.1 Å². The normalized spacial score (nSPS) is 61.9. The second-order valence-corrected chi connectivity index (χ2v) is 16.8. The Morgan fingerprint density at radius 1 is 0.816 bits per heavy atom. The summed E-state index contributed by atoms with van der Waals surface area (Å²) in [6.07, 6.45) is 11.8. The smallest absolute Gasteiger partial charge is 0.172 e. The van der Waals surface area contributed by atoms with Crippen LogP contribution in [0.5, 0.6) is 0 Å². The Kier molecular flexibility index (Phi) is 6.41. The molecular weight excluding hydrogens is 468 g/mol. The van der Waals surface area contributed by atoms with E-state index in [0.29, 0.717) is 52.8 Å². The Morgan fingerprint density at radius 2 is 1.53 bits per heavy atom. The SMILES string of the molecule is CC(C)O[C@H]1CC[C@@]2(C)C(CCC3C2CC(C)[C@@]2(C)C3(C)CC3OC4(CC(C)C(C)C(C)O4)[C@@H](C)C32C)C1. The number of fused-ring (bicyclic) bond motifs is 7. The molecule has 6 rings (SSSR count). The van der Waals surface area contributed by atoms with Crippen LogP contribution < -0.4 is 0 Å². The Balaban J connectivity index is 1.32. The molecular formula is C35H60O3. The largest absolute Gasteiger partial charge is 0.376 e. The lowest BCUT2D eigenvalue weighted by molar-refractivity contribution is -0.309. The van der Waals surface area contributed by atoms with Gasteiger partial charge in [-0.25, -0.2) is 0 Å². The van der Waals surface area contributed by atoms with Crippen LogP contribution >= 0.6 is 0 Å². The van der Waals surface area contributed by atoms with Crippen molar-refractivity contribution in [2.24, 2.45) is 63.1 Å². The van der Waals surface area contributed by atoms with Crippen LogP contribution in [-0.2, 0) is 14.2 Å². The highest BCUT2D eigenvalue weighted by Gasteiger charge is 2.80. The van der Waals surface area contributed by atoms with E-state index in [1.54, 1.807) is 0 Å². The van der Waals surface area contributed by atoms with Crippen LogP contribution in [0.1, 0.15) is 128 Å². The van der Waals surface area contributed by atoms with E-state index in [4.69, 9.17) is 14.2 Å². The van der Waals surface area contributed by atoms with Crippen molar-refractivity contribution in [2.75, 3.05) is 0 Å². The molecule has 2 saturated heterocycles. The molecule has 0 aromatic heterocycles. The van der Waals surface area contributed by atoms with Crippen LogP contribution in [-0.4, -0.2) is 30.2 Å². The first-order valence-electron chi connectivity index (χ1n) is 16.6. The van der Waals surface area contributed by atoms with Gasteiger partial charge in [-0.15, -0.1) is 0 Å². The molecule has 0 aromatic rings. The van der Waals surface area contributed by atoms with E-state index >= 15 is 0 Å². The molecule has 0 aromatic carbocycles. The minimum absolute atomic E-state index is 0.146. The molecule has 2 aliphatic heterocycles. The van der Waals surface area contributed by atoms with Crippen LogP contribution in [0.2, 0.25) is 0 Å². The molecule has 0 radical (unpaired) electrons. The third-order valence-corrected chi connectivity index (χ3v) is 15.6. The van der Waals surface area contributed by atoms with Gasteiger partial charge in [-0.2, -0.15) is 0 Å². The van der Waals surface area contributed by atoms with Gasteiger partial charge in [-0.05, 0) is 117 Å². The Bertz CT molecular complexity index is 918. The molecule has 4 saturated carbocycles. The fraction of sp³-hybridized carbons (Fsp3) is 1.00. The molecule has 2 heterocycles. The molecule has 6 aliphatic rings. The number of rotatable bonds is 2. The zero-order valence-electron chi connectivity index (χ0n) is 26.7. The summed E-state index contributed by atoms with van der Waals surface area (Å²) in [5.74, 6) is 4.43. The van der Waals surface area contributed by atoms with Gasteiger partial charge in [0.2, 0.25) is 0 Å². The predicted molar refractivity (Wildman–Crippen MR) is 155 cm³/mol. The summed E-state index contributed by atoms with van der Waals surface area (Å²) in [7, 11) is 0. The van der Waals surface area contributed by atoms with E-state index in [9.17, 15) is 0 Å². The molecule has 11 unspecified atom stereocenters. The first-order chi connectivity index (χ1) is 17.6. The molecule has 3 heteroatoms. The highest BCUT2D eigenvalue weighted by Crippen LogP contribution is 2.81. The molecule has 38 heavy (non-hydrogen) atoms. The van der Waals surface area contributed by atoms with Crippen molar-refractivity contribution in [1.29, 1.82) is 0 Å². The lowest BCUT2D eigenvalue weighted by atomic mass is 9.36. The summed E-state index contributed by atoms with van der Waals surface area (Å²) in [6, 6.07) is 0. The van der Waals surface area contributed by atoms with Crippen LogP contribution in [0.4, 0.5) is 0 Å². The first-order valence-corrected chi connectivity index (χ1v) is 16.6. The van der Waals surface area contributed by atoms with Gasteiger partial charge in [-0.3, -0.25) is 0 Å². The van der Waals surface area contributed by atoms with Crippen molar-refractivity contribution < 1.29 is 14.2 Å². The van der Waals surface area contributed by atoms with Crippen molar-refractivity contribution >= 4 is 0 Å². The zero-order chi connectivity index (χ0) is 27.6. The Labute approximate surface area is 234 Å². The highest BCUT2D eigenvalue weighted by molar-refractivity contribution is 5.26. The molecule has 3 nitrogen and oxygen atoms in total. The molecule has 1 spiro atoms. The van der Waals surface area contributed by atoms with Crippen molar-refractivity contribution in [3.05, 3.63) is 0 Å². The van der Waals surface area contributed by atoms with Crippen molar-refractivity contribution in [2.45, 2.75) is 158 Å². The molecule has 6 fully saturated rings. The standard InChI is InChI=1S/C35H60O3/c1-20(2)36-27-14-15-31(8)26(17-27)12-13-28-29(31)16-22(4)34(11)32(28,9)19-30-33(34,10)25(7)35(38-30)18-21(3)23(5)24(6)37-35/h20-30H,12-19H2,1-11H3/t21?,22?,23?,24?,25-,26?,27-,28?,29?,30?,31-,32?,33?,34-,35?/m0/s1. The second-order valence-electron chi connectivity index (χ2n) is 16.8. The molecule has 15 atom stereocenters. The molecule has 0 N–H and O–H groups in total. The number of ether oxygens (including phenoxy) is 3. The summed E-state index contributed by atoms with van der Waals surface area (Å²) >= 11 is 0. The predicted octanol–water partition coefficient (Wildman–Crippen LogP) is 8.89.